The van der Waals surface area contributed by atoms with Crippen LogP contribution in [-0.4, -0.2) is 24.9 Å². The van der Waals surface area contributed by atoms with E-state index in [0.29, 0.717) is 5.82 Å². The van der Waals surface area contributed by atoms with Gasteiger partial charge in [0.15, 0.2) is 11.4 Å². The van der Waals surface area contributed by atoms with Crippen LogP contribution in [0.2, 0.25) is 0 Å². The van der Waals surface area contributed by atoms with Gasteiger partial charge in [-0.2, -0.15) is 5.10 Å². The van der Waals surface area contributed by atoms with E-state index in [-0.39, 0.29) is 11.4 Å². The average Bonchev–Trinajstić information content (AvgIpc) is 2.60. The van der Waals surface area contributed by atoms with Gasteiger partial charge >= 0.3 is 11.4 Å². The number of rotatable bonds is 1. The van der Waals surface area contributed by atoms with Gasteiger partial charge in [-0.1, -0.05) is 0 Å². The van der Waals surface area contributed by atoms with Crippen molar-refractivity contribution < 1.29 is 9.67 Å². The second-order valence-corrected chi connectivity index (χ2v) is 3.12. The minimum atomic E-state index is -0.401. The van der Waals surface area contributed by atoms with Gasteiger partial charge < -0.3 is 5.11 Å². The topological polar surface area (TPSA) is 87.7 Å². The molecule has 15 heavy (non-hydrogen) atoms. The van der Waals surface area contributed by atoms with Crippen LogP contribution in [0.3, 0.4) is 0 Å². The van der Waals surface area contributed by atoms with E-state index in [9.17, 15) is 9.90 Å². The van der Waals surface area contributed by atoms with E-state index in [1.165, 1.54) is 21.9 Å². The Morgan fingerprint density at radius 3 is 2.93 bits per heavy atom. The van der Waals surface area contributed by atoms with E-state index in [2.05, 4.69) is 15.1 Å². The summed E-state index contributed by atoms with van der Waals surface area (Å²) in [7, 11) is 3.26. The highest BCUT2D eigenvalue weighted by molar-refractivity contribution is 5.57. The smallest absolute Gasteiger partial charge is 0.350 e. The number of nitrogens with zero attached hydrogens (tertiary/aromatic N) is 4. The van der Waals surface area contributed by atoms with Crippen molar-refractivity contribution in [1.29, 1.82) is 0 Å². The van der Waals surface area contributed by atoms with E-state index in [0.717, 1.165) is 0 Å². The minimum absolute atomic E-state index is 0.111. The molecule has 0 radical (unpaired) electrons. The number of aryl methyl sites for hydroxylation is 2. The van der Waals surface area contributed by atoms with Crippen LogP contribution in [0.25, 0.3) is 11.4 Å². The first kappa shape index (κ1) is 9.38. The van der Waals surface area contributed by atoms with Crippen molar-refractivity contribution in [2.24, 2.45) is 14.1 Å². The summed E-state index contributed by atoms with van der Waals surface area (Å²) in [6.07, 6.45) is 2.69. The second-order valence-electron chi connectivity index (χ2n) is 3.12. The Hall–Kier alpha value is -2.18. The third kappa shape index (κ3) is 1.37. The fourth-order valence-electron chi connectivity index (χ4n) is 1.29. The Morgan fingerprint density at radius 2 is 2.33 bits per heavy atom. The summed E-state index contributed by atoms with van der Waals surface area (Å²) in [5.74, 6) is 0.180. The van der Waals surface area contributed by atoms with Gasteiger partial charge in [-0.25, -0.2) is 24.0 Å². The molecule has 0 saturated heterocycles. The van der Waals surface area contributed by atoms with Crippen molar-refractivity contribution in [3.63, 3.8) is 0 Å². The van der Waals surface area contributed by atoms with Crippen LogP contribution in [0.15, 0.2) is 17.4 Å². The van der Waals surface area contributed by atoms with Crippen LogP contribution in [0, 0.1) is 0 Å². The third-order valence-corrected chi connectivity index (χ3v) is 2.11. The minimum Gasteiger partial charge on any atom is -0.477 e. The first-order valence-electron chi connectivity index (χ1n) is 4.26. The summed E-state index contributed by atoms with van der Waals surface area (Å²) in [4.78, 5) is 17.9. The molecule has 2 aromatic heterocycles. The van der Waals surface area contributed by atoms with Gasteiger partial charge in [0.05, 0.1) is 7.05 Å². The molecule has 0 bridgehead atoms. The van der Waals surface area contributed by atoms with Gasteiger partial charge in [0, 0.05) is 7.05 Å². The number of hydrogen-bond acceptors (Lipinski definition) is 4. The second kappa shape index (κ2) is 3.19. The Labute approximate surface area is 84.7 Å². The van der Waals surface area contributed by atoms with Crippen LogP contribution in [0.1, 0.15) is 0 Å². The SMILES string of the molecule is Cn1ncnc1-c1c(O)[n+](C)c[nH]c1=O. The van der Waals surface area contributed by atoms with Crippen molar-refractivity contribution >= 4 is 0 Å². The van der Waals surface area contributed by atoms with E-state index >= 15 is 0 Å². The van der Waals surface area contributed by atoms with Gasteiger partial charge in [-0.3, -0.25) is 0 Å². The highest BCUT2D eigenvalue weighted by Gasteiger charge is 2.20. The van der Waals surface area contributed by atoms with Gasteiger partial charge in [-0.05, 0) is 0 Å². The zero-order valence-corrected chi connectivity index (χ0v) is 8.30. The van der Waals surface area contributed by atoms with E-state index in [1.54, 1.807) is 14.1 Å². The highest BCUT2D eigenvalue weighted by Crippen LogP contribution is 2.17. The Bertz CT molecular complexity index is 556. The molecule has 7 nitrogen and oxygen atoms in total. The van der Waals surface area contributed by atoms with Crippen molar-refractivity contribution in [2.45, 2.75) is 0 Å². The quantitative estimate of drug-likeness (QED) is 0.570. The number of nitrogens with one attached hydrogen (secondary N) is 1. The van der Waals surface area contributed by atoms with Crippen LogP contribution >= 0.6 is 0 Å². The molecule has 0 atom stereocenters. The average molecular weight is 208 g/mol. The number of aromatic amines is 1. The van der Waals surface area contributed by atoms with Crippen LogP contribution in [0.4, 0.5) is 0 Å². The molecule has 78 valence electrons. The molecular weight excluding hydrogens is 198 g/mol. The Balaban J connectivity index is 2.78. The molecule has 2 N–H and O–H groups in total. The predicted octanol–water partition coefficient (Wildman–Crippen LogP) is -1.30. The van der Waals surface area contributed by atoms with E-state index in [4.69, 9.17) is 0 Å². The van der Waals surface area contributed by atoms with Crippen molar-refractivity contribution in [1.82, 2.24) is 19.7 Å². The van der Waals surface area contributed by atoms with Gasteiger partial charge in [-0.15, -0.1) is 0 Å². The first-order valence-corrected chi connectivity index (χ1v) is 4.26. The lowest BCUT2D eigenvalue weighted by Gasteiger charge is -2.00. The molecule has 0 fully saturated rings. The summed E-state index contributed by atoms with van der Waals surface area (Å²) in [6.45, 7) is 0. The maximum atomic E-state index is 11.5. The Morgan fingerprint density at radius 1 is 1.60 bits per heavy atom. The van der Waals surface area contributed by atoms with Crippen molar-refractivity contribution in [3.8, 4) is 17.3 Å². The van der Waals surface area contributed by atoms with Crippen molar-refractivity contribution in [2.75, 3.05) is 0 Å². The Kier molecular flexibility index (Phi) is 2.00. The van der Waals surface area contributed by atoms with E-state index < -0.39 is 5.56 Å². The molecule has 2 heterocycles. The first-order chi connectivity index (χ1) is 7.11. The summed E-state index contributed by atoms with van der Waals surface area (Å²) in [6, 6.07) is 0. The number of hydrogen-bond donors (Lipinski definition) is 2. The molecule has 2 aromatic rings. The highest BCUT2D eigenvalue weighted by atomic mass is 16.3. The van der Waals surface area contributed by atoms with E-state index in [1.807, 2.05) is 0 Å². The summed E-state index contributed by atoms with van der Waals surface area (Å²) < 4.78 is 2.82. The molecule has 0 amide bonds. The number of H-pyrrole nitrogens is 1. The lowest BCUT2D eigenvalue weighted by molar-refractivity contribution is -0.680. The maximum absolute atomic E-state index is 11.5. The molecule has 0 aromatic carbocycles. The normalized spacial score (nSPS) is 10.5. The summed E-state index contributed by atoms with van der Waals surface area (Å²) in [5.41, 5.74) is -0.290. The van der Waals surface area contributed by atoms with Crippen molar-refractivity contribution in [3.05, 3.63) is 23.0 Å². The summed E-state index contributed by atoms with van der Waals surface area (Å²) >= 11 is 0. The zero-order chi connectivity index (χ0) is 11.0. The number of aromatic nitrogens is 5. The molecule has 0 aliphatic heterocycles. The van der Waals surface area contributed by atoms with Crippen LogP contribution in [-0.2, 0) is 14.1 Å². The van der Waals surface area contributed by atoms with Crippen LogP contribution in [0.5, 0.6) is 5.88 Å². The van der Waals surface area contributed by atoms with Gasteiger partial charge in [0.25, 0.3) is 0 Å². The predicted molar refractivity (Wildman–Crippen MR) is 49.9 cm³/mol. The number of aromatic hydroxyl groups is 1. The fraction of sp³-hybridized carbons (Fsp3) is 0.250. The standard InChI is InChI=1S/C8H9N5O2/c1-12-4-10-7(14)5(8(12)15)6-9-3-11-13(6)2/h3-4H,1-2H3,(H,9,11,14,15)/p+1. The molecule has 0 aliphatic carbocycles. The zero-order valence-electron chi connectivity index (χ0n) is 8.30. The largest absolute Gasteiger partial charge is 0.477 e. The maximum Gasteiger partial charge on any atom is 0.350 e. The molecule has 2 rings (SSSR count). The molecular formula is C8H10N5O2+. The third-order valence-electron chi connectivity index (χ3n) is 2.11. The molecule has 0 saturated carbocycles. The fourth-order valence-corrected chi connectivity index (χ4v) is 1.29. The molecule has 0 aliphatic rings. The van der Waals surface area contributed by atoms with Gasteiger partial charge in [0.2, 0.25) is 6.33 Å². The van der Waals surface area contributed by atoms with Crippen LogP contribution < -0.4 is 10.1 Å². The molecule has 0 unspecified atom stereocenters. The van der Waals surface area contributed by atoms with Gasteiger partial charge in [0.1, 0.15) is 6.33 Å². The molecule has 0 spiro atoms. The summed E-state index contributed by atoms with van der Waals surface area (Å²) in [5, 5.41) is 13.6. The monoisotopic (exact) mass is 208 g/mol. The molecule has 7 heteroatoms. The lowest BCUT2D eigenvalue weighted by atomic mass is 10.3. The lowest BCUT2D eigenvalue weighted by Crippen LogP contribution is -2.33.